The molecule has 3 heteroatoms. The van der Waals surface area contributed by atoms with Gasteiger partial charge in [0.15, 0.2) is 0 Å². The summed E-state index contributed by atoms with van der Waals surface area (Å²) in [6.45, 7) is 4.09. The van der Waals surface area contributed by atoms with Crippen molar-refractivity contribution in [3.05, 3.63) is 34.9 Å². The Hall–Kier alpha value is -0.570. The third kappa shape index (κ3) is 3.31. The highest BCUT2D eigenvalue weighted by Crippen LogP contribution is 2.39. The molecule has 0 bridgehead atoms. The summed E-state index contributed by atoms with van der Waals surface area (Å²) in [5.41, 5.74) is 7.56. The molecule has 0 heterocycles. The minimum absolute atomic E-state index is 0.324. The lowest BCUT2D eigenvalue weighted by Gasteiger charge is -2.36. The molecule has 1 unspecified atom stereocenters. The van der Waals surface area contributed by atoms with E-state index in [0.29, 0.717) is 11.5 Å². The molecule has 0 saturated heterocycles. The summed E-state index contributed by atoms with van der Waals surface area (Å²) >= 11 is 6.30. The molecule has 2 rings (SSSR count). The molecule has 19 heavy (non-hydrogen) atoms. The van der Waals surface area contributed by atoms with E-state index in [0.717, 1.165) is 18.1 Å². The molecule has 0 amide bonds. The zero-order chi connectivity index (χ0) is 13.9. The first kappa shape index (κ1) is 14.8. The van der Waals surface area contributed by atoms with Crippen molar-refractivity contribution in [1.29, 1.82) is 0 Å². The van der Waals surface area contributed by atoms with Crippen LogP contribution in [-0.2, 0) is 0 Å². The van der Waals surface area contributed by atoms with Crippen molar-refractivity contribution in [2.45, 2.75) is 38.6 Å². The Balaban J connectivity index is 2.07. The molecular formula is C16H25ClN2. The molecular weight excluding hydrogens is 256 g/mol. The highest BCUT2D eigenvalue weighted by molar-refractivity contribution is 6.31. The van der Waals surface area contributed by atoms with E-state index in [1.54, 1.807) is 0 Å². The lowest BCUT2D eigenvalue weighted by molar-refractivity contribution is 0.150. The molecule has 0 aliphatic heterocycles. The highest BCUT2D eigenvalue weighted by atomic mass is 35.5. The Labute approximate surface area is 121 Å². The predicted octanol–water partition coefficient (Wildman–Crippen LogP) is 3.85. The van der Waals surface area contributed by atoms with Crippen molar-refractivity contribution < 1.29 is 0 Å². The first-order valence-corrected chi connectivity index (χ1v) is 7.60. The summed E-state index contributed by atoms with van der Waals surface area (Å²) in [5.74, 6) is 0. The molecule has 1 saturated carbocycles. The quantitative estimate of drug-likeness (QED) is 0.888. The van der Waals surface area contributed by atoms with Crippen LogP contribution in [0.2, 0.25) is 5.02 Å². The maximum atomic E-state index is 6.30. The summed E-state index contributed by atoms with van der Waals surface area (Å²) in [7, 11) is 2.18. The molecule has 1 aromatic rings. The minimum atomic E-state index is 0.324. The summed E-state index contributed by atoms with van der Waals surface area (Å²) in [4.78, 5) is 2.40. The SMILES string of the molecule is CC(c1ccccc1Cl)N(C)CC1(CN)CCCC1. The van der Waals surface area contributed by atoms with Crippen molar-refractivity contribution >= 4 is 11.6 Å². The monoisotopic (exact) mass is 280 g/mol. The second-order valence-electron chi connectivity index (χ2n) is 6.02. The van der Waals surface area contributed by atoms with E-state index < -0.39 is 0 Å². The Morgan fingerprint density at radius 3 is 2.53 bits per heavy atom. The maximum absolute atomic E-state index is 6.30. The van der Waals surface area contributed by atoms with Crippen LogP contribution in [0, 0.1) is 5.41 Å². The summed E-state index contributed by atoms with van der Waals surface area (Å²) < 4.78 is 0. The van der Waals surface area contributed by atoms with Crippen molar-refractivity contribution in [2.24, 2.45) is 11.1 Å². The lowest BCUT2D eigenvalue weighted by Crippen LogP contribution is -2.40. The van der Waals surface area contributed by atoms with Gasteiger partial charge in [-0.15, -0.1) is 0 Å². The fraction of sp³-hybridized carbons (Fsp3) is 0.625. The van der Waals surface area contributed by atoms with E-state index in [9.17, 15) is 0 Å². The number of nitrogens with two attached hydrogens (primary N) is 1. The first-order chi connectivity index (χ1) is 9.08. The van der Waals surface area contributed by atoms with Gasteiger partial charge in [-0.1, -0.05) is 42.6 Å². The van der Waals surface area contributed by atoms with Crippen molar-refractivity contribution in [2.75, 3.05) is 20.1 Å². The smallest absolute Gasteiger partial charge is 0.0453 e. The van der Waals surface area contributed by atoms with Crippen LogP contribution >= 0.6 is 11.6 Å². The van der Waals surface area contributed by atoms with E-state index >= 15 is 0 Å². The zero-order valence-corrected chi connectivity index (χ0v) is 12.8. The number of hydrogen-bond acceptors (Lipinski definition) is 2. The van der Waals surface area contributed by atoms with Gasteiger partial charge < -0.3 is 5.73 Å². The summed E-state index contributed by atoms with van der Waals surface area (Å²) in [6, 6.07) is 8.46. The zero-order valence-electron chi connectivity index (χ0n) is 12.0. The average Bonchev–Trinajstić information content (AvgIpc) is 2.87. The Morgan fingerprint density at radius 2 is 1.95 bits per heavy atom. The fourth-order valence-electron chi connectivity index (χ4n) is 3.27. The average molecular weight is 281 g/mol. The molecule has 1 atom stereocenters. The van der Waals surface area contributed by atoms with Gasteiger partial charge in [-0.3, -0.25) is 4.90 Å². The van der Waals surface area contributed by atoms with Gasteiger partial charge in [-0.2, -0.15) is 0 Å². The molecule has 1 aliphatic carbocycles. The van der Waals surface area contributed by atoms with Crippen LogP contribution < -0.4 is 5.73 Å². The van der Waals surface area contributed by atoms with Gasteiger partial charge in [0.25, 0.3) is 0 Å². The molecule has 2 N–H and O–H groups in total. The van der Waals surface area contributed by atoms with E-state index in [2.05, 4.69) is 31.0 Å². The molecule has 1 fully saturated rings. The molecule has 2 nitrogen and oxygen atoms in total. The molecule has 0 spiro atoms. The van der Waals surface area contributed by atoms with E-state index in [1.807, 2.05) is 12.1 Å². The number of nitrogens with zero attached hydrogens (tertiary/aromatic N) is 1. The number of rotatable bonds is 5. The van der Waals surface area contributed by atoms with Crippen LogP contribution in [-0.4, -0.2) is 25.0 Å². The third-order valence-electron chi connectivity index (χ3n) is 4.70. The summed E-state index contributed by atoms with van der Waals surface area (Å²) in [6.07, 6.45) is 5.18. The number of hydrogen-bond donors (Lipinski definition) is 1. The minimum Gasteiger partial charge on any atom is -0.330 e. The molecule has 0 aromatic heterocycles. The van der Waals surface area contributed by atoms with E-state index in [1.165, 1.54) is 31.2 Å². The fourth-order valence-corrected chi connectivity index (χ4v) is 3.56. The number of halogens is 1. The third-order valence-corrected chi connectivity index (χ3v) is 5.04. The van der Waals surface area contributed by atoms with Crippen LogP contribution in [0.3, 0.4) is 0 Å². The van der Waals surface area contributed by atoms with Gasteiger partial charge in [0.05, 0.1) is 0 Å². The predicted molar refractivity (Wildman–Crippen MR) is 82.5 cm³/mol. The van der Waals surface area contributed by atoms with Gasteiger partial charge in [0.2, 0.25) is 0 Å². The van der Waals surface area contributed by atoms with Crippen LogP contribution in [0.25, 0.3) is 0 Å². The Bertz CT molecular complexity index is 413. The molecule has 0 radical (unpaired) electrons. The second kappa shape index (κ2) is 6.25. The standard InChI is InChI=1S/C16H25ClN2/c1-13(14-7-3-4-8-15(14)17)19(2)12-16(11-18)9-5-6-10-16/h3-4,7-8,13H,5-6,9-12,18H2,1-2H3. The van der Waals surface area contributed by atoms with Crippen molar-refractivity contribution in [3.63, 3.8) is 0 Å². The van der Waals surface area contributed by atoms with Gasteiger partial charge >= 0.3 is 0 Å². The van der Waals surface area contributed by atoms with Gasteiger partial charge in [-0.25, -0.2) is 0 Å². The Morgan fingerprint density at radius 1 is 1.32 bits per heavy atom. The number of benzene rings is 1. The maximum Gasteiger partial charge on any atom is 0.0453 e. The molecule has 1 aromatic carbocycles. The van der Waals surface area contributed by atoms with Crippen molar-refractivity contribution in [1.82, 2.24) is 4.90 Å². The molecule has 1 aliphatic rings. The highest BCUT2D eigenvalue weighted by Gasteiger charge is 2.34. The van der Waals surface area contributed by atoms with Crippen LogP contribution in [0.15, 0.2) is 24.3 Å². The molecule has 106 valence electrons. The van der Waals surface area contributed by atoms with E-state index in [4.69, 9.17) is 17.3 Å². The van der Waals surface area contributed by atoms with Crippen LogP contribution in [0.5, 0.6) is 0 Å². The Kier molecular flexibility index (Phi) is 4.88. The largest absolute Gasteiger partial charge is 0.330 e. The first-order valence-electron chi connectivity index (χ1n) is 7.23. The topological polar surface area (TPSA) is 29.3 Å². The second-order valence-corrected chi connectivity index (χ2v) is 6.43. The van der Waals surface area contributed by atoms with Gasteiger partial charge in [-0.05, 0) is 50.4 Å². The normalized spacial score (nSPS) is 19.8. The van der Waals surface area contributed by atoms with Crippen LogP contribution in [0.1, 0.15) is 44.2 Å². The van der Waals surface area contributed by atoms with Crippen molar-refractivity contribution in [3.8, 4) is 0 Å². The summed E-state index contributed by atoms with van der Waals surface area (Å²) in [5, 5.41) is 0.857. The van der Waals surface area contributed by atoms with E-state index in [-0.39, 0.29) is 0 Å². The van der Waals surface area contributed by atoms with Gasteiger partial charge in [0.1, 0.15) is 0 Å². The lowest BCUT2D eigenvalue weighted by atomic mass is 9.85. The van der Waals surface area contributed by atoms with Crippen LogP contribution in [0.4, 0.5) is 0 Å². The van der Waals surface area contributed by atoms with Gasteiger partial charge in [0, 0.05) is 17.6 Å².